The van der Waals surface area contributed by atoms with Crippen molar-refractivity contribution in [3.8, 4) is 0 Å². The first-order chi connectivity index (χ1) is 7.15. The summed E-state index contributed by atoms with van der Waals surface area (Å²) >= 11 is 0. The number of esters is 1. The largest absolute Gasteiger partial charge is 0.469 e. The molecule has 0 saturated heterocycles. The van der Waals surface area contributed by atoms with Gasteiger partial charge in [0.15, 0.2) is 0 Å². The van der Waals surface area contributed by atoms with Crippen molar-refractivity contribution in [3.63, 3.8) is 0 Å². The van der Waals surface area contributed by atoms with Gasteiger partial charge in [0.1, 0.15) is 12.3 Å². The molecule has 1 aromatic rings. The summed E-state index contributed by atoms with van der Waals surface area (Å²) in [5.41, 5.74) is 0.430. The van der Waals surface area contributed by atoms with Gasteiger partial charge in [-0.15, -0.1) is 0 Å². The quantitative estimate of drug-likeness (QED) is 0.750. The Labute approximate surface area is 87.4 Å². The van der Waals surface area contributed by atoms with Gasteiger partial charge in [0, 0.05) is 0 Å². The molecule has 0 aromatic carbocycles. The summed E-state index contributed by atoms with van der Waals surface area (Å²) in [4.78, 5) is 22.4. The van der Waals surface area contributed by atoms with Gasteiger partial charge in [-0.25, -0.2) is 0 Å². The van der Waals surface area contributed by atoms with Crippen molar-refractivity contribution in [2.45, 2.75) is 13.8 Å². The standard InChI is InChI=1S/C10H13NO4/c1-3-14-9(12)6-11-10(13)8-4-5-15-7(8)2/h4-5H,3,6H2,1-2H3,(H,11,13). The predicted molar refractivity (Wildman–Crippen MR) is 52.4 cm³/mol. The molecular weight excluding hydrogens is 198 g/mol. The van der Waals surface area contributed by atoms with Crippen LogP contribution in [0.15, 0.2) is 16.7 Å². The van der Waals surface area contributed by atoms with Crippen LogP contribution in [0, 0.1) is 6.92 Å². The zero-order valence-corrected chi connectivity index (χ0v) is 8.70. The molecule has 1 rings (SSSR count). The molecule has 0 aliphatic rings. The van der Waals surface area contributed by atoms with Gasteiger partial charge in [0.05, 0.1) is 18.4 Å². The number of furan rings is 1. The highest BCUT2D eigenvalue weighted by Crippen LogP contribution is 2.07. The minimum atomic E-state index is -0.452. The molecule has 1 aromatic heterocycles. The molecule has 0 aliphatic heterocycles. The molecule has 0 atom stereocenters. The molecule has 1 amide bonds. The van der Waals surface area contributed by atoms with Crippen LogP contribution < -0.4 is 5.32 Å². The van der Waals surface area contributed by atoms with Crippen molar-refractivity contribution in [1.82, 2.24) is 5.32 Å². The summed E-state index contributed by atoms with van der Waals surface area (Å²) in [6.07, 6.45) is 1.43. The van der Waals surface area contributed by atoms with Crippen molar-refractivity contribution < 1.29 is 18.7 Å². The number of rotatable bonds is 4. The molecule has 5 nitrogen and oxygen atoms in total. The number of nitrogens with one attached hydrogen (secondary N) is 1. The molecule has 82 valence electrons. The maximum atomic E-state index is 11.5. The Morgan fingerprint density at radius 2 is 2.27 bits per heavy atom. The van der Waals surface area contributed by atoms with Crippen molar-refractivity contribution in [2.24, 2.45) is 0 Å². The Morgan fingerprint density at radius 1 is 1.53 bits per heavy atom. The summed E-state index contributed by atoms with van der Waals surface area (Å²) in [5, 5.41) is 2.44. The van der Waals surface area contributed by atoms with E-state index in [1.54, 1.807) is 19.9 Å². The minimum absolute atomic E-state index is 0.128. The van der Waals surface area contributed by atoms with Crippen LogP contribution in [-0.2, 0) is 9.53 Å². The average Bonchev–Trinajstić information content (AvgIpc) is 2.61. The Balaban J connectivity index is 2.44. The first-order valence-electron chi connectivity index (χ1n) is 4.63. The van der Waals surface area contributed by atoms with Crippen LogP contribution in [0.1, 0.15) is 23.0 Å². The van der Waals surface area contributed by atoms with E-state index in [4.69, 9.17) is 4.42 Å². The lowest BCUT2D eigenvalue weighted by Gasteiger charge is -2.03. The molecule has 0 aliphatic carbocycles. The van der Waals surface area contributed by atoms with E-state index in [1.807, 2.05) is 0 Å². The second-order valence-corrected chi connectivity index (χ2v) is 2.88. The molecule has 0 bridgehead atoms. The van der Waals surface area contributed by atoms with Crippen LogP contribution >= 0.6 is 0 Å². The zero-order chi connectivity index (χ0) is 11.3. The predicted octanol–water partition coefficient (Wildman–Crippen LogP) is 0.881. The molecule has 1 N–H and O–H groups in total. The molecule has 15 heavy (non-hydrogen) atoms. The first-order valence-corrected chi connectivity index (χ1v) is 4.63. The van der Waals surface area contributed by atoms with Gasteiger partial charge >= 0.3 is 5.97 Å². The lowest BCUT2D eigenvalue weighted by atomic mass is 10.2. The van der Waals surface area contributed by atoms with Crippen molar-refractivity contribution >= 4 is 11.9 Å². The van der Waals surface area contributed by atoms with E-state index in [0.29, 0.717) is 17.9 Å². The van der Waals surface area contributed by atoms with E-state index >= 15 is 0 Å². The average molecular weight is 211 g/mol. The third-order valence-electron chi connectivity index (χ3n) is 1.80. The molecular formula is C10H13NO4. The Morgan fingerprint density at radius 3 is 2.80 bits per heavy atom. The molecule has 0 saturated carbocycles. The van der Waals surface area contributed by atoms with Crippen LogP contribution in [0.2, 0.25) is 0 Å². The highest BCUT2D eigenvalue weighted by molar-refractivity contribution is 5.96. The van der Waals surface area contributed by atoms with Gasteiger partial charge in [-0.3, -0.25) is 9.59 Å². The normalized spacial score (nSPS) is 9.73. The van der Waals surface area contributed by atoms with Crippen LogP contribution in [0.3, 0.4) is 0 Å². The van der Waals surface area contributed by atoms with Crippen molar-refractivity contribution in [1.29, 1.82) is 0 Å². The lowest BCUT2D eigenvalue weighted by molar-refractivity contribution is -0.141. The summed E-state index contributed by atoms with van der Waals surface area (Å²) in [6.45, 7) is 3.57. The highest BCUT2D eigenvalue weighted by Gasteiger charge is 2.12. The number of aryl methyl sites for hydroxylation is 1. The van der Waals surface area contributed by atoms with Gasteiger partial charge in [0.25, 0.3) is 5.91 Å². The zero-order valence-electron chi connectivity index (χ0n) is 8.70. The first kappa shape index (κ1) is 11.3. The fraction of sp³-hybridized carbons (Fsp3) is 0.400. The third kappa shape index (κ3) is 3.12. The maximum absolute atomic E-state index is 11.5. The molecule has 0 spiro atoms. The minimum Gasteiger partial charge on any atom is -0.469 e. The topological polar surface area (TPSA) is 68.5 Å². The SMILES string of the molecule is CCOC(=O)CNC(=O)c1ccoc1C. The van der Waals surface area contributed by atoms with Crippen molar-refractivity contribution in [2.75, 3.05) is 13.2 Å². The van der Waals surface area contributed by atoms with E-state index < -0.39 is 5.97 Å². The number of amides is 1. The van der Waals surface area contributed by atoms with E-state index in [-0.39, 0.29) is 12.5 Å². The van der Waals surface area contributed by atoms with Crippen LogP contribution in [-0.4, -0.2) is 25.0 Å². The number of carbonyl (C=O) groups is 2. The van der Waals surface area contributed by atoms with Gasteiger partial charge in [0.2, 0.25) is 0 Å². The summed E-state index contributed by atoms with van der Waals surface area (Å²) in [6, 6.07) is 1.55. The van der Waals surface area contributed by atoms with Gasteiger partial charge < -0.3 is 14.5 Å². The van der Waals surface area contributed by atoms with Crippen LogP contribution in [0.5, 0.6) is 0 Å². The summed E-state index contributed by atoms with van der Waals surface area (Å²) in [5.74, 6) is -0.266. The van der Waals surface area contributed by atoms with E-state index in [1.165, 1.54) is 6.26 Å². The number of ether oxygens (including phenoxy) is 1. The number of hydrogen-bond donors (Lipinski definition) is 1. The molecule has 5 heteroatoms. The van der Waals surface area contributed by atoms with Crippen LogP contribution in [0.4, 0.5) is 0 Å². The second-order valence-electron chi connectivity index (χ2n) is 2.88. The Bertz CT molecular complexity index is 356. The van der Waals surface area contributed by atoms with Gasteiger partial charge in [-0.1, -0.05) is 0 Å². The second kappa shape index (κ2) is 5.19. The summed E-state index contributed by atoms with van der Waals surface area (Å²) < 4.78 is 9.63. The molecule has 0 unspecified atom stereocenters. The Hall–Kier alpha value is -1.78. The van der Waals surface area contributed by atoms with E-state index in [9.17, 15) is 9.59 Å². The molecule has 1 heterocycles. The van der Waals surface area contributed by atoms with Crippen molar-refractivity contribution in [3.05, 3.63) is 23.7 Å². The van der Waals surface area contributed by atoms with E-state index in [2.05, 4.69) is 10.1 Å². The number of hydrogen-bond acceptors (Lipinski definition) is 4. The van der Waals surface area contributed by atoms with Gasteiger partial charge in [-0.2, -0.15) is 0 Å². The van der Waals surface area contributed by atoms with Gasteiger partial charge in [-0.05, 0) is 19.9 Å². The monoisotopic (exact) mass is 211 g/mol. The number of carbonyl (C=O) groups excluding carboxylic acids is 2. The molecule has 0 fully saturated rings. The fourth-order valence-electron chi connectivity index (χ4n) is 1.08. The Kier molecular flexibility index (Phi) is 3.91. The summed E-state index contributed by atoms with van der Waals surface area (Å²) in [7, 11) is 0. The van der Waals surface area contributed by atoms with E-state index in [0.717, 1.165) is 0 Å². The smallest absolute Gasteiger partial charge is 0.325 e. The molecule has 0 radical (unpaired) electrons. The lowest BCUT2D eigenvalue weighted by Crippen LogP contribution is -2.30. The van der Waals surface area contributed by atoms with Crippen LogP contribution in [0.25, 0.3) is 0 Å². The highest BCUT2D eigenvalue weighted by atomic mass is 16.5. The fourth-order valence-corrected chi connectivity index (χ4v) is 1.08. The third-order valence-corrected chi connectivity index (χ3v) is 1.80. The maximum Gasteiger partial charge on any atom is 0.325 e.